The van der Waals surface area contributed by atoms with Crippen LogP contribution in [-0.2, 0) is 4.74 Å². The van der Waals surface area contributed by atoms with Crippen molar-refractivity contribution in [2.75, 3.05) is 11.2 Å². The predicted octanol–water partition coefficient (Wildman–Crippen LogP) is 2.33. The van der Waals surface area contributed by atoms with Gasteiger partial charge in [-0.2, -0.15) is 9.97 Å². The topological polar surface area (TPSA) is 105 Å². The maximum Gasteiger partial charge on any atom is 0.226 e. The second-order valence-electron chi connectivity index (χ2n) is 8.44. The van der Waals surface area contributed by atoms with Gasteiger partial charge in [0.15, 0.2) is 23.2 Å². The zero-order chi connectivity index (χ0) is 19.6. The molecule has 1 saturated heterocycles. The molecule has 0 spiro atoms. The molecule has 7 atom stereocenters. The fraction of sp³-hybridized carbons (Fsp3) is 0.722. The summed E-state index contributed by atoms with van der Waals surface area (Å²) in [5, 5.41) is 24.8. The number of nitrogens with one attached hydrogen (secondary N) is 1. The van der Waals surface area contributed by atoms with Gasteiger partial charge in [0.25, 0.3) is 0 Å². The van der Waals surface area contributed by atoms with Crippen LogP contribution in [0.3, 0.4) is 0 Å². The number of hydrogen-bond acceptors (Lipinski definition) is 7. The van der Waals surface area contributed by atoms with Gasteiger partial charge in [0.1, 0.15) is 17.8 Å². The van der Waals surface area contributed by atoms with Crippen LogP contribution in [0, 0.1) is 11.8 Å². The Balaban J connectivity index is 1.51. The molecule has 2 aromatic rings. The minimum Gasteiger partial charge on any atom is -0.387 e. The van der Waals surface area contributed by atoms with Gasteiger partial charge in [-0.15, -0.1) is 11.6 Å². The van der Waals surface area contributed by atoms with E-state index in [0.29, 0.717) is 28.9 Å². The lowest BCUT2D eigenvalue weighted by molar-refractivity contribution is -0.0935. The molecule has 10 heteroatoms. The largest absolute Gasteiger partial charge is 0.387 e. The number of rotatable bonds is 4. The fourth-order valence-electron chi connectivity index (χ4n) is 5.13. The first-order chi connectivity index (χ1) is 13.4. The SMILES string of the molecule is C[C@@]1(O)[C@H](O)[C@@H](CCl)O[C@H]1n1cnc2c(N[C@H]3C[C@H]4CC[C@@H]3C4)nc(Cl)nc21. The van der Waals surface area contributed by atoms with Gasteiger partial charge >= 0.3 is 0 Å². The highest BCUT2D eigenvalue weighted by molar-refractivity contribution is 6.28. The Morgan fingerprint density at radius 2 is 2.18 bits per heavy atom. The van der Waals surface area contributed by atoms with Crippen molar-refractivity contribution >= 4 is 40.2 Å². The van der Waals surface area contributed by atoms with Crippen molar-refractivity contribution < 1.29 is 14.9 Å². The first-order valence-corrected chi connectivity index (χ1v) is 10.6. The quantitative estimate of drug-likeness (QED) is 0.507. The molecule has 152 valence electrons. The van der Waals surface area contributed by atoms with Gasteiger partial charge in [0, 0.05) is 6.04 Å². The Kier molecular flexibility index (Phi) is 4.48. The monoisotopic (exact) mass is 427 g/mol. The van der Waals surface area contributed by atoms with Crippen LogP contribution >= 0.6 is 23.2 Å². The summed E-state index contributed by atoms with van der Waals surface area (Å²) >= 11 is 12.1. The van der Waals surface area contributed by atoms with E-state index in [1.165, 1.54) is 32.5 Å². The van der Waals surface area contributed by atoms with Crippen molar-refractivity contribution in [3.63, 3.8) is 0 Å². The molecule has 2 saturated carbocycles. The van der Waals surface area contributed by atoms with Crippen molar-refractivity contribution in [2.24, 2.45) is 11.8 Å². The molecule has 8 nitrogen and oxygen atoms in total. The molecular weight excluding hydrogens is 405 g/mol. The van der Waals surface area contributed by atoms with E-state index >= 15 is 0 Å². The number of anilines is 1. The zero-order valence-corrected chi connectivity index (χ0v) is 16.9. The number of aromatic nitrogens is 4. The van der Waals surface area contributed by atoms with E-state index in [2.05, 4.69) is 20.3 Å². The third kappa shape index (κ3) is 2.81. The van der Waals surface area contributed by atoms with Crippen LogP contribution < -0.4 is 5.32 Å². The summed E-state index contributed by atoms with van der Waals surface area (Å²) in [6.07, 6.45) is 3.79. The van der Waals surface area contributed by atoms with E-state index in [-0.39, 0.29) is 11.2 Å². The Labute approximate surface area is 172 Å². The standard InChI is InChI=1S/C18H23Cl2N5O3/c1-18(27)13(26)11(6-19)28-16(18)25-7-21-12-14(23-17(20)24-15(12)25)22-10-5-8-2-3-9(10)4-8/h7-11,13,16,26-27H,2-6H2,1H3,(H,22,23,24)/t8-,9+,10-,11+,13+,16+,18+/m0/s1. The van der Waals surface area contributed by atoms with Gasteiger partial charge in [0.05, 0.1) is 12.2 Å². The summed E-state index contributed by atoms with van der Waals surface area (Å²) in [5.74, 6) is 2.12. The average molecular weight is 428 g/mol. The second-order valence-corrected chi connectivity index (χ2v) is 9.09. The molecule has 2 bridgehead atoms. The molecule has 2 aromatic heterocycles. The van der Waals surface area contributed by atoms with Crippen LogP contribution in [0.1, 0.15) is 38.8 Å². The van der Waals surface area contributed by atoms with E-state index < -0.39 is 24.0 Å². The summed E-state index contributed by atoms with van der Waals surface area (Å²) in [6, 6.07) is 0.367. The van der Waals surface area contributed by atoms with Crippen molar-refractivity contribution in [1.29, 1.82) is 0 Å². The molecule has 3 fully saturated rings. The highest BCUT2D eigenvalue weighted by Crippen LogP contribution is 2.46. The summed E-state index contributed by atoms with van der Waals surface area (Å²) in [7, 11) is 0. The van der Waals surface area contributed by atoms with Crippen LogP contribution in [0.25, 0.3) is 11.2 Å². The Morgan fingerprint density at radius 1 is 1.36 bits per heavy atom. The maximum absolute atomic E-state index is 10.8. The lowest BCUT2D eigenvalue weighted by Crippen LogP contribution is -2.43. The number of nitrogens with zero attached hydrogens (tertiary/aromatic N) is 4. The van der Waals surface area contributed by atoms with Crippen molar-refractivity contribution in [3.05, 3.63) is 11.6 Å². The number of aliphatic hydroxyl groups excluding tert-OH is 1. The third-order valence-corrected chi connectivity index (χ3v) is 7.09. The minimum absolute atomic E-state index is 0.0627. The molecule has 0 unspecified atom stereocenters. The predicted molar refractivity (Wildman–Crippen MR) is 104 cm³/mol. The smallest absolute Gasteiger partial charge is 0.226 e. The van der Waals surface area contributed by atoms with E-state index in [9.17, 15) is 10.2 Å². The molecular formula is C18H23Cl2N5O3. The van der Waals surface area contributed by atoms with Gasteiger partial charge in [-0.3, -0.25) is 4.57 Å². The fourth-order valence-corrected chi connectivity index (χ4v) is 5.53. The van der Waals surface area contributed by atoms with Crippen molar-refractivity contribution in [2.45, 2.75) is 62.7 Å². The average Bonchev–Trinajstić information content (AvgIpc) is 3.40. The van der Waals surface area contributed by atoms with Crippen LogP contribution in [0.5, 0.6) is 0 Å². The number of alkyl halides is 1. The number of imidazole rings is 1. The van der Waals surface area contributed by atoms with Crippen LogP contribution in [-0.4, -0.2) is 59.5 Å². The highest BCUT2D eigenvalue weighted by atomic mass is 35.5. The van der Waals surface area contributed by atoms with E-state index in [0.717, 1.165) is 12.3 Å². The third-order valence-electron chi connectivity index (χ3n) is 6.61. The Morgan fingerprint density at radius 3 is 2.82 bits per heavy atom. The van der Waals surface area contributed by atoms with Gasteiger partial charge in [-0.25, -0.2) is 4.98 Å². The molecule has 28 heavy (non-hydrogen) atoms. The van der Waals surface area contributed by atoms with Gasteiger partial charge in [-0.05, 0) is 49.6 Å². The molecule has 0 amide bonds. The Bertz CT molecular complexity index is 907. The summed E-state index contributed by atoms with van der Waals surface area (Å²) in [5.41, 5.74) is -0.545. The Hall–Kier alpha value is -1.19. The summed E-state index contributed by atoms with van der Waals surface area (Å²) < 4.78 is 7.40. The van der Waals surface area contributed by atoms with Crippen LogP contribution in [0.15, 0.2) is 6.33 Å². The second kappa shape index (κ2) is 6.67. The number of aliphatic hydroxyl groups is 2. The van der Waals surface area contributed by atoms with Gasteiger partial charge < -0.3 is 20.3 Å². The maximum atomic E-state index is 10.8. The molecule has 5 rings (SSSR count). The molecule has 3 aliphatic rings. The number of ether oxygens (including phenoxy) is 1. The molecule has 3 heterocycles. The first-order valence-electron chi connectivity index (χ1n) is 9.67. The number of hydrogen-bond donors (Lipinski definition) is 3. The normalized spacial score (nSPS) is 39.9. The van der Waals surface area contributed by atoms with Crippen molar-refractivity contribution in [3.8, 4) is 0 Å². The molecule has 1 aliphatic heterocycles. The molecule has 0 aromatic carbocycles. The van der Waals surface area contributed by atoms with E-state index in [4.69, 9.17) is 27.9 Å². The van der Waals surface area contributed by atoms with Gasteiger partial charge in [0.2, 0.25) is 5.28 Å². The van der Waals surface area contributed by atoms with Crippen LogP contribution in [0.2, 0.25) is 5.28 Å². The number of halogens is 2. The minimum atomic E-state index is -1.55. The van der Waals surface area contributed by atoms with E-state index in [1.807, 2.05) is 0 Å². The lowest BCUT2D eigenvalue weighted by atomic mass is 9.95. The first kappa shape index (κ1) is 18.8. The van der Waals surface area contributed by atoms with E-state index in [1.54, 1.807) is 4.57 Å². The summed E-state index contributed by atoms with van der Waals surface area (Å²) in [4.78, 5) is 13.1. The zero-order valence-electron chi connectivity index (χ0n) is 15.4. The number of fused-ring (bicyclic) bond motifs is 3. The molecule has 3 N–H and O–H groups in total. The van der Waals surface area contributed by atoms with Crippen LogP contribution in [0.4, 0.5) is 5.82 Å². The summed E-state index contributed by atoms with van der Waals surface area (Å²) in [6.45, 7) is 1.51. The lowest BCUT2D eigenvalue weighted by Gasteiger charge is -2.27. The van der Waals surface area contributed by atoms with Crippen molar-refractivity contribution in [1.82, 2.24) is 19.5 Å². The molecule has 2 aliphatic carbocycles. The van der Waals surface area contributed by atoms with Gasteiger partial charge in [-0.1, -0.05) is 6.42 Å². The molecule has 0 radical (unpaired) electrons. The highest BCUT2D eigenvalue weighted by Gasteiger charge is 2.53.